The molecule has 0 saturated carbocycles. The summed E-state index contributed by atoms with van der Waals surface area (Å²) in [5.74, 6) is 0.828. The molecule has 0 amide bonds. The largest absolute Gasteiger partial charge is 0.389 e. The lowest BCUT2D eigenvalue weighted by molar-refractivity contribution is -0.135. The number of aromatic nitrogens is 3. The Morgan fingerprint density at radius 1 is 1.10 bits per heavy atom. The van der Waals surface area contributed by atoms with E-state index < -0.39 is 12.6 Å². The van der Waals surface area contributed by atoms with Crippen LogP contribution in [0.1, 0.15) is 32.1 Å². The highest BCUT2D eigenvalue weighted by Gasteiger charge is 2.25. The number of nitrogens with zero attached hydrogens (tertiary/aromatic N) is 4. The maximum absolute atomic E-state index is 12.0. The van der Waals surface area contributed by atoms with E-state index in [1.165, 1.54) is 0 Å². The fourth-order valence-electron chi connectivity index (χ4n) is 2.13. The van der Waals surface area contributed by atoms with E-state index in [1.807, 2.05) is 4.90 Å². The monoisotopic (exact) mass is 323 g/mol. The van der Waals surface area contributed by atoms with Crippen molar-refractivity contribution in [1.29, 1.82) is 0 Å². The van der Waals surface area contributed by atoms with Crippen LogP contribution in [0.4, 0.5) is 25.1 Å². The predicted octanol–water partition coefficient (Wildman–Crippen LogP) is 3.27. The maximum Gasteiger partial charge on any atom is 0.389 e. The molecule has 1 saturated heterocycles. The van der Waals surface area contributed by atoms with Crippen LogP contribution in [0.15, 0.2) is 0 Å². The Bertz CT molecular complexity index is 463. The molecule has 0 atom stereocenters. The van der Waals surface area contributed by atoms with Crippen LogP contribution >= 0.6 is 11.6 Å². The summed E-state index contributed by atoms with van der Waals surface area (Å²) in [7, 11) is 0. The molecule has 1 aromatic rings. The molecule has 21 heavy (non-hydrogen) atoms. The average molecular weight is 324 g/mol. The lowest BCUT2D eigenvalue weighted by atomic mass is 10.2. The van der Waals surface area contributed by atoms with Gasteiger partial charge in [-0.3, -0.25) is 0 Å². The van der Waals surface area contributed by atoms with Crippen LogP contribution in [0.25, 0.3) is 0 Å². The maximum atomic E-state index is 12.0. The molecule has 0 aliphatic carbocycles. The number of unbranched alkanes of at least 4 members (excludes halogenated alkanes) is 1. The van der Waals surface area contributed by atoms with E-state index in [-0.39, 0.29) is 11.7 Å². The zero-order valence-electron chi connectivity index (χ0n) is 11.5. The van der Waals surface area contributed by atoms with Crippen molar-refractivity contribution in [3.05, 3.63) is 5.28 Å². The minimum absolute atomic E-state index is 0.0777. The van der Waals surface area contributed by atoms with Crippen molar-refractivity contribution >= 4 is 23.5 Å². The SMILES string of the molecule is FC(F)(F)CCCCNc1nc(Cl)nc(N2CCCC2)n1. The van der Waals surface area contributed by atoms with Crippen molar-refractivity contribution in [2.24, 2.45) is 0 Å². The van der Waals surface area contributed by atoms with E-state index in [0.717, 1.165) is 25.9 Å². The van der Waals surface area contributed by atoms with Crippen molar-refractivity contribution in [1.82, 2.24) is 15.0 Å². The second-order valence-corrected chi connectivity index (χ2v) is 5.26. The normalized spacial score (nSPS) is 15.5. The molecular formula is C12H17ClF3N5. The van der Waals surface area contributed by atoms with Gasteiger partial charge in [0.15, 0.2) is 0 Å². The second kappa shape index (κ2) is 7.11. The lowest BCUT2D eigenvalue weighted by Gasteiger charge is -2.15. The minimum Gasteiger partial charge on any atom is -0.354 e. The summed E-state index contributed by atoms with van der Waals surface area (Å²) in [6, 6.07) is 0. The van der Waals surface area contributed by atoms with Gasteiger partial charge in [-0.25, -0.2) is 0 Å². The number of alkyl halides is 3. The molecule has 0 aromatic carbocycles. The quantitative estimate of drug-likeness (QED) is 0.814. The highest BCUT2D eigenvalue weighted by atomic mass is 35.5. The van der Waals surface area contributed by atoms with Gasteiger partial charge in [0.25, 0.3) is 0 Å². The molecule has 0 radical (unpaired) electrons. The van der Waals surface area contributed by atoms with Crippen molar-refractivity contribution < 1.29 is 13.2 Å². The highest BCUT2D eigenvalue weighted by Crippen LogP contribution is 2.22. The summed E-state index contributed by atoms with van der Waals surface area (Å²) >= 11 is 5.85. The number of nitrogens with one attached hydrogen (secondary N) is 1. The summed E-state index contributed by atoms with van der Waals surface area (Å²) in [4.78, 5) is 14.3. The van der Waals surface area contributed by atoms with Gasteiger partial charge in [0.05, 0.1) is 0 Å². The van der Waals surface area contributed by atoms with E-state index in [0.29, 0.717) is 24.9 Å². The molecule has 9 heteroatoms. The summed E-state index contributed by atoms with van der Waals surface area (Å²) in [6.45, 7) is 2.13. The molecule has 2 rings (SSSR count). The summed E-state index contributed by atoms with van der Waals surface area (Å²) < 4.78 is 36.0. The number of rotatable bonds is 6. The van der Waals surface area contributed by atoms with Crippen molar-refractivity contribution in [2.45, 2.75) is 38.3 Å². The molecule has 0 unspecified atom stereocenters. The van der Waals surface area contributed by atoms with Crippen molar-refractivity contribution in [3.63, 3.8) is 0 Å². The first kappa shape index (κ1) is 16.1. The number of anilines is 2. The van der Waals surface area contributed by atoms with E-state index in [4.69, 9.17) is 11.6 Å². The van der Waals surface area contributed by atoms with Gasteiger partial charge in [0, 0.05) is 26.1 Å². The molecule has 1 aliphatic heterocycles. The Balaban J connectivity index is 1.82. The number of hydrogen-bond acceptors (Lipinski definition) is 5. The first-order valence-corrected chi connectivity index (χ1v) is 7.29. The van der Waals surface area contributed by atoms with E-state index in [9.17, 15) is 13.2 Å². The molecule has 0 bridgehead atoms. The van der Waals surface area contributed by atoms with Gasteiger partial charge >= 0.3 is 6.18 Å². The Labute approximate surface area is 125 Å². The third-order valence-corrected chi connectivity index (χ3v) is 3.32. The van der Waals surface area contributed by atoms with Crippen LogP contribution in [-0.4, -0.2) is 40.8 Å². The fourth-order valence-corrected chi connectivity index (χ4v) is 2.28. The summed E-state index contributed by atoms with van der Waals surface area (Å²) in [5.41, 5.74) is 0. The molecule has 1 N–H and O–H groups in total. The molecule has 0 spiro atoms. The van der Waals surface area contributed by atoms with Crippen LogP contribution in [0.3, 0.4) is 0 Å². The zero-order chi connectivity index (χ0) is 15.3. The zero-order valence-corrected chi connectivity index (χ0v) is 12.2. The predicted molar refractivity (Wildman–Crippen MR) is 74.7 cm³/mol. The van der Waals surface area contributed by atoms with Crippen LogP contribution in [0, 0.1) is 0 Å². The average Bonchev–Trinajstić information content (AvgIpc) is 2.90. The first-order valence-electron chi connectivity index (χ1n) is 6.91. The first-order chi connectivity index (χ1) is 9.94. The van der Waals surface area contributed by atoms with Crippen molar-refractivity contribution in [3.8, 4) is 0 Å². The van der Waals surface area contributed by atoms with Gasteiger partial charge in [-0.05, 0) is 37.3 Å². The minimum atomic E-state index is -4.10. The molecule has 2 heterocycles. The summed E-state index contributed by atoms with van der Waals surface area (Å²) in [6.07, 6.45) is -2.23. The molecule has 118 valence electrons. The van der Waals surface area contributed by atoms with E-state index in [1.54, 1.807) is 0 Å². The Kier molecular flexibility index (Phi) is 5.44. The smallest absolute Gasteiger partial charge is 0.354 e. The standard InChI is InChI=1S/C12H17ClF3N5/c13-9-18-10(17-6-2-1-5-12(14,15)16)20-11(19-9)21-7-3-4-8-21/h1-8H2,(H,17,18,19,20). The third kappa shape index (κ3) is 5.53. The molecule has 1 aliphatic rings. The second-order valence-electron chi connectivity index (χ2n) is 4.92. The third-order valence-electron chi connectivity index (χ3n) is 3.16. The molecule has 5 nitrogen and oxygen atoms in total. The van der Waals surface area contributed by atoms with Gasteiger partial charge in [-0.2, -0.15) is 28.1 Å². The van der Waals surface area contributed by atoms with Crippen LogP contribution in [-0.2, 0) is 0 Å². The van der Waals surface area contributed by atoms with Gasteiger partial charge < -0.3 is 10.2 Å². The Morgan fingerprint density at radius 3 is 2.48 bits per heavy atom. The van der Waals surface area contributed by atoms with Gasteiger partial charge in [-0.1, -0.05) is 0 Å². The van der Waals surface area contributed by atoms with E-state index >= 15 is 0 Å². The summed E-state index contributed by atoms with van der Waals surface area (Å²) in [5, 5.41) is 2.98. The molecule has 1 fully saturated rings. The fraction of sp³-hybridized carbons (Fsp3) is 0.750. The van der Waals surface area contributed by atoms with Gasteiger partial charge in [-0.15, -0.1) is 0 Å². The number of hydrogen-bond donors (Lipinski definition) is 1. The Hall–Kier alpha value is -1.31. The van der Waals surface area contributed by atoms with Gasteiger partial charge in [0.2, 0.25) is 17.2 Å². The van der Waals surface area contributed by atoms with Crippen LogP contribution in [0.5, 0.6) is 0 Å². The topological polar surface area (TPSA) is 53.9 Å². The van der Waals surface area contributed by atoms with Crippen molar-refractivity contribution in [2.75, 3.05) is 29.9 Å². The van der Waals surface area contributed by atoms with Crippen LogP contribution < -0.4 is 10.2 Å². The molecular weight excluding hydrogens is 307 g/mol. The van der Waals surface area contributed by atoms with Gasteiger partial charge in [0.1, 0.15) is 0 Å². The number of halogens is 4. The van der Waals surface area contributed by atoms with Crippen LogP contribution in [0.2, 0.25) is 5.28 Å². The Morgan fingerprint density at radius 2 is 1.81 bits per heavy atom. The highest BCUT2D eigenvalue weighted by molar-refractivity contribution is 6.28. The lowest BCUT2D eigenvalue weighted by Crippen LogP contribution is -2.21. The van der Waals surface area contributed by atoms with E-state index in [2.05, 4.69) is 20.3 Å². The molecule has 1 aromatic heterocycles.